The molecule has 1 aliphatic carbocycles. The fourth-order valence-corrected chi connectivity index (χ4v) is 2.32. The SMILES string of the molecule is CC(NCc1nc(C2CC2)no1)c1ccccc1Cl. The highest BCUT2D eigenvalue weighted by Crippen LogP contribution is 2.38. The highest BCUT2D eigenvalue weighted by molar-refractivity contribution is 6.31. The van der Waals surface area contributed by atoms with Gasteiger partial charge < -0.3 is 9.84 Å². The highest BCUT2D eigenvalue weighted by atomic mass is 35.5. The molecule has 1 aromatic heterocycles. The number of aromatic nitrogens is 2. The number of rotatable bonds is 5. The van der Waals surface area contributed by atoms with Crippen LogP contribution in [0.5, 0.6) is 0 Å². The molecule has 0 bridgehead atoms. The van der Waals surface area contributed by atoms with Crippen LogP contribution in [-0.2, 0) is 6.54 Å². The third-order valence-electron chi connectivity index (χ3n) is 3.36. The van der Waals surface area contributed by atoms with Gasteiger partial charge in [0.15, 0.2) is 5.82 Å². The van der Waals surface area contributed by atoms with Gasteiger partial charge in [0.25, 0.3) is 0 Å². The van der Waals surface area contributed by atoms with E-state index in [9.17, 15) is 0 Å². The number of halogens is 1. The molecule has 5 heteroatoms. The van der Waals surface area contributed by atoms with Gasteiger partial charge in [0, 0.05) is 17.0 Å². The van der Waals surface area contributed by atoms with Crippen molar-refractivity contribution in [3.05, 3.63) is 46.6 Å². The monoisotopic (exact) mass is 277 g/mol. The average Bonchev–Trinajstić information content (AvgIpc) is 3.16. The van der Waals surface area contributed by atoms with Crippen LogP contribution in [0.15, 0.2) is 28.8 Å². The summed E-state index contributed by atoms with van der Waals surface area (Å²) in [6.45, 7) is 2.63. The first-order valence-corrected chi connectivity index (χ1v) is 6.92. The maximum absolute atomic E-state index is 6.16. The molecule has 1 heterocycles. The lowest BCUT2D eigenvalue weighted by Crippen LogP contribution is -2.18. The maximum atomic E-state index is 6.16. The molecule has 3 rings (SSSR count). The zero-order valence-corrected chi connectivity index (χ0v) is 11.5. The molecular weight excluding hydrogens is 262 g/mol. The fraction of sp³-hybridized carbons (Fsp3) is 0.429. The van der Waals surface area contributed by atoms with Gasteiger partial charge in [0.2, 0.25) is 5.89 Å². The summed E-state index contributed by atoms with van der Waals surface area (Å²) in [6, 6.07) is 7.97. The van der Waals surface area contributed by atoms with Crippen molar-refractivity contribution in [1.82, 2.24) is 15.5 Å². The molecule has 0 aliphatic heterocycles. The molecule has 1 saturated carbocycles. The minimum absolute atomic E-state index is 0.143. The Morgan fingerprint density at radius 2 is 2.21 bits per heavy atom. The summed E-state index contributed by atoms with van der Waals surface area (Å²) in [6.07, 6.45) is 2.37. The standard InChI is InChI=1S/C14H16ClN3O/c1-9(11-4-2-3-5-12(11)15)16-8-13-17-14(18-19-13)10-6-7-10/h2-5,9-10,16H,6-8H2,1H3. The van der Waals surface area contributed by atoms with Crippen molar-refractivity contribution in [3.8, 4) is 0 Å². The van der Waals surface area contributed by atoms with Crippen molar-refractivity contribution in [1.29, 1.82) is 0 Å². The van der Waals surface area contributed by atoms with Crippen molar-refractivity contribution >= 4 is 11.6 Å². The summed E-state index contributed by atoms with van der Waals surface area (Å²) in [4.78, 5) is 4.39. The summed E-state index contributed by atoms with van der Waals surface area (Å²) < 4.78 is 5.23. The van der Waals surface area contributed by atoms with Crippen molar-refractivity contribution in [3.63, 3.8) is 0 Å². The summed E-state index contributed by atoms with van der Waals surface area (Å²) in [5.74, 6) is 2.02. The van der Waals surface area contributed by atoms with Crippen LogP contribution in [0.3, 0.4) is 0 Å². The molecule has 1 N–H and O–H groups in total. The lowest BCUT2D eigenvalue weighted by Gasteiger charge is -2.13. The number of nitrogens with one attached hydrogen (secondary N) is 1. The van der Waals surface area contributed by atoms with Crippen LogP contribution in [-0.4, -0.2) is 10.1 Å². The predicted molar refractivity (Wildman–Crippen MR) is 73.0 cm³/mol. The van der Waals surface area contributed by atoms with Crippen LogP contribution >= 0.6 is 11.6 Å². The van der Waals surface area contributed by atoms with E-state index in [0.29, 0.717) is 18.4 Å². The molecule has 1 unspecified atom stereocenters. The Kier molecular flexibility index (Phi) is 3.53. The van der Waals surface area contributed by atoms with Crippen molar-refractivity contribution < 1.29 is 4.52 Å². The van der Waals surface area contributed by atoms with Crippen molar-refractivity contribution in [2.45, 2.75) is 38.3 Å². The molecule has 100 valence electrons. The van der Waals surface area contributed by atoms with Gasteiger partial charge >= 0.3 is 0 Å². The van der Waals surface area contributed by atoms with Crippen LogP contribution in [0.2, 0.25) is 5.02 Å². The van der Waals surface area contributed by atoms with Crippen LogP contribution < -0.4 is 5.32 Å². The molecule has 1 aliphatic rings. The fourth-order valence-electron chi connectivity index (χ4n) is 2.02. The van der Waals surface area contributed by atoms with Gasteiger partial charge in [-0.05, 0) is 31.4 Å². The van der Waals surface area contributed by atoms with E-state index in [0.717, 1.165) is 16.4 Å². The third-order valence-corrected chi connectivity index (χ3v) is 3.70. The Bertz CT molecular complexity index is 565. The van der Waals surface area contributed by atoms with E-state index in [2.05, 4.69) is 22.4 Å². The van der Waals surface area contributed by atoms with Crippen LogP contribution in [0.4, 0.5) is 0 Å². The number of nitrogens with zero attached hydrogens (tertiary/aromatic N) is 2. The topological polar surface area (TPSA) is 51.0 Å². The Labute approximate surface area is 117 Å². The summed E-state index contributed by atoms with van der Waals surface area (Å²) >= 11 is 6.16. The number of benzene rings is 1. The summed E-state index contributed by atoms with van der Waals surface area (Å²) in [5.41, 5.74) is 1.08. The van der Waals surface area contributed by atoms with Crippen LogP contribution in [0.1, 0.15) is 49.0 Å². The zero-order chi connectivity index (χ0) is 13.2. The largest absolute Gasteiger partial charge is 0.338 e. The Morgan fingerprint density at radius 3 is 2.95 bits per heavy atom. The van der Waals surface area contributed by atoms with Gasteiger partial charge in [-0.1, -0.05) is 35.0 Å². The van der Waals surface area contributed by atoms with E-state index >= 15 is 0 Å². The van der Waals surface area contributed by atoms with Crippen molar-refractivity contribution in [2.24, 2.45) is 0 Å². The van der Waals surface area contributed by atoms with Gasteiger partial charge in [-0.3, -0.25) is 0 Å². The van der Waals surface area contributed by atoms with E-state index in [4.69, 9.17) is 16.1 Å². The Balaban J connectivity index is 1.60. The second kappa shape index (κ2) is 5.31. The van der Waals surface area contributed by atoms with Gasteiger partial charge in [-0.25, -0.2) is 0 Å². The molecule has 1 aromatic carbocycles. The van der Waals surface area contributed by atoms with E-state index in [-0.39, 0.29) is 6.04 Å². The lowest BCUT2D eigenvalue weighted by atomic mass is 10.1. The van der Waals surface area contributed by atoms with Crippen LogP contribution in [0.25, 0.3) is 0 Å². The van der Waals surface area contributed by atoms with Gasteiger partial charge in [0.05, 0.1) is 6.54 Å². The normalized spacial score (nSPS) is 16.5. The second-order valence-corrected chi connectivity index (χ2v) is 5.35. The Morgan fingerprint density at radius 1 is 1.42 bits per heavy atom. The van der Waals surface area contributed by atoms with E-state index < -0.39 is 0 Å². The van der Waals surface area contributed by atoms with Crippen LogP contribution in [0, 0.1) is 0 Å². The minimum atomic E-state index is 0.143. The molecule has 0 saturated heterocycles. The predicted octanol–water partition coefficient (Wildman–Crippen LogP) is 3.45. The van der Waals surface area contributed by atoms with E-state index in [1.54, 1.807) is 0 Å². The first-order valence-electron chi connectivity index (χ1n) is 6.54. The zero-order valence-electron chi connectivity index (χ0n) is 10.8. The summed E-state index contributed by atoms with van der Waals surface area (Å²) in [5, 5.41) is 8.11. The quantitative estimate of drug-likeness (QED) is 0.909. The molecule has 0 amide bonds. The highest BCUT2D eigenvalue weighted by Gasteiger charge is 2.28. The van der Waals surface area contributed by atoms with E-state index in [1.807, 2.05) is 24.3 Å². The van der Waals surface area contributed by atoms with Gasteiger partial charge in [-0.15, -0.1) is 0 Å². The second-order valence-electron chi connectivity index (χ2n) is 4.94. The third kappa shape index (κ3) is 2.96. The summed E-state index contributed by atoms with van der Waals surface area (Å²) in [7, 11) is 0. The molecule has 0 spiro atoms. The minimum Gasteiger partial charge on any atom is -0.338 e. The van der Waals surface area contributed by atoms with Gasteiger partial charge in [0.1, 0.15) is 0 Å². The average molecular weight is 278 g/mol. The molecular formula is C14H16ClN3O. The first-order chi connectivity index (χ1) is 9.24. The molecule has 19 heavy (non-hydrogen) atoms. The smallest absolute Gasteiger partial charge is 0.240 e. The molecule has 1 atom stereocenters. The number of hydrogen-bond donors (Lipinski definition) is 1. The molecule has 0 radical (unpaired) electrons. The molecule has 2 aromatic rings. The van der Waals surface area contributed by atoms with Crippen molar-refractivity contribution in [2.75, 3.05) is 0 Å². The molecule has 4 nitrogen and oxygen atoms in total. The number of hydrogen-bond acceptors (Lipinski definition) is 4. The Hall–Kier alpha value is -1.39. The van der Waals surface area contributed by atoms with Gasteiger partial charge in [-0.2, -0.15) is 4.98 Å². The first kappa shape index (κ1) is 12.6. The lowest BCUT2D eigenvalue weighted by molar-refractivity contribution is 0.356. The molecule has 1 fully saturated rings. The van der Waals surface area contributed by atoms with E-state index in [1.165, 1.54) is 12.8 Å². The maximum Gasteiger partial charge on any atom is 0.240 e.